The van der Waals surface area contributed by atoms with Crippen LogP contribution < -0.4 is 5.32 Å². The molecule has 2 aliphatic heterocycles. The molecule has 0 radical (unpaired) electrons. The molecule has 1 atom stereocenters. The van der Waals surface area contributed by atoms with Gasteiger partial charge in [0.15, 0.2) is 0 Å². The highest BCUT2D eigenvalue weighted by molar-refractivity contribution is 6.30. The molecule has 2 aromatic carbocycles. The Hall–Kier alpha value is -3.33. The van der Waals surface area contributed by atoms with E-state index in [9.17, 15) is 14.4 Å². The number of carbonyl (C=O) groups excluding carboxylic acids is 3. The normalized spacial score (nSPS) is 18.4. The van der Waals surface area contributed by atoms with E-state index < -0.39 is 12.0 Å². The number of esters is 1. The first-order valence-electron chi connectivity index (χ1n) is 12.9. The second-order valence-corrected chi connectivity index (χ2v) is 10.2. The molecule has 1 N–H and O–H groups in total. The molecule has 10 heteroatoms. The molecule has 8 nitrogen and oxygen atoms in total. The van der Waals surface area contributed by atoms with Crippen LogP contribution in [0.25, 0.3) is 0 Å². The van der Waals surface area contributed by atoms with Gasteiger partial charge in [0, 0.05) is 60.6 Å². The first-order chi connectivity index (χ1) is 18.8. The Labute approximate surface area is 238 Å². The SMILES string of the molecule is C=CCN1C(=O)NC(c2ccc(Cl)cc2)C(C(=O)OCC)=C1CN1CCCN(C(=O)c2ccc(Cl)cc2)CC1. The second kappa shape index (κ2) is 13.2. The van der Waals surface area contributed by atoms with Gasteiger partial charge in [0.25, 0.3) is 5.91 Å². The molecule has 0 spiro atoms. The van der Waals surface area contributed by atoms with Crippen LogP contribution in [0.5, 0.6) is 0 Å². The number of benzene rings is 2. The Kier molecular flexibility index (Phi) is 9.67. The Morgan fingerprint density at radius 2 is 1.69 bits per heavy atom. The molecular weight excluding hydrogens is 539 g/mol. The minimum Gasteiger partial charge on any atom is -0.463 e. The molecule has 1 fully saturated rings. The summed E-state index contributed by atoms with van der Waals surface area (Å²) < 4.78 is 5.46. The molecule has 39 heavy (non-hydrogen) atoms. The van der Waals surface area contributed by atoms with E-state index in [2.05, 4.69) is 16.8 Å². The van der Waals surface area contributed by atoms with Crippen molar-refractivity contribution < 1.29 is 19.1 Å². The summed E-state index contributed by atoms with van der Waals surface area (Å²) in [5.74, 6) is -0.538. The maximum absolute atomic E-state index is 13.4. The van der Waals surface area contributed by atoms with E-state index in [1.165, 1.54) is 4.90 Å². The van der Waals surface area contributed by atoms with Gasteiger partial charge in [0.2, 0.25) is 0 Å². The highest BCUT2D eigenvalue weighted by Gasteiger charge is 2.38. The van der Waals surface area contributed by atoms with Crippen LogP contribution in [0.1, 0.15) is 35.3 Å². The molecule has 2 aromatic rings. The van der Waals surface area contributed by atoms with Gasteiger partial charge in [-0.25, -0.2) is 9.59 Å². The van der Waals surface area contributed by atoms with Crippen LogP contribution in [0, 0.1) is 0 Å². The maximum atomic E-state index is 13.4. The monoisotopic (exact) mass is 570 g/mol. The zero-order chi connectivity index (χ0) is 27.9. The van der Waals surface area contributed by atoms with Crippen LogP contribution in [0.4, 0.5) is 4.79 Å². The van der Waals surface area contributed by atoms with E-state index in [-0.39, 0.29) is 25.1 Å². The number of rotatable bonds is 8. The third-order valence-electron chi connectivity index (χ3n) is 6.79. The van der Waals surface area contributed by atoms with E-state index in [0.29, 0.717) is 59.6 Å². The van der Waals surface area contributed by atoms with Crippen molar-refractivity contribution in [2.45, 2.75) is 19.4 Å². The summed E-state index contributed by atoms with van der Waals surface area (Å²) in [5.41, 5.74) is 2.25. The van der Waals surface area contributed by atoms with Gasteiger partial charge < -0.3 is 15.0 Å². The second-order valence-electron chi connectivity index (χ2n) is 9.34. The molecule has 2 heterocycles. The fourth-order valence-electron chi connectivity index (χ4n) is 4.87. The minimum atomic E-state index is -0.695. The molecule has 206 valence electrons. The van der Waals surface area contributed by atoms with Gasteiger partial charge in [0.05, 0.1) is 18.2 Å². The van der Waals surface area contributed by atoms with Crippen molar-refractivity contribution in [3.8, 4) is 0 Å². The standard InChI is InChI=1S/C29H32Cl2N4O4/c1-3-14-35-24(19-33-15-5-16-34(18-17-33)27(36)21-8-12-23(31)13-9-21)25(28(37)39-4-2)26(32-29(35)38)20-6-10-22(30)11-7-20/h3,6-13,26H,1,4-5,14-19H2,2H3,(H,32,38). The zero-order valence-corrected chi connectivity index (χ0v) is 23.4. The van der Waals surface area contributed by atoms with Crippen LogP contribution in [0.3, 0.4) is 0 Å². The van der Waals surface area contributed by atoms with Crippen molar-refractivity contribution in [1.82, 2.24) is 20.0 Å². The Bertz CT molecular complexity index is 1250. The van der Waals surface area contributed by atoms with Gasteiger partial charge in [0.1, 0.15) is 0 Å². The number of hydrogen-bond acceptors (Lipinski definition) is 5. The highest BCUT2D eigenvalue weighted by Crippen LogP contribution is 2.33. The molecule has 0 aromatic heterocycles. The van der Waals surface area contributed by atoms with Crippen molar-refractivity contribution in [1.29, 1.82) is 0 Å². The van der Waals surface area contributed by atoms with Gasteiger partial charge in [-0.1, -0.05) is 41.4 Å². The Morgan fingerprint density at radius 3 is 2.33 bits per heavy atom. The first kappa shape index (κ1) is 28.7. The lowest BCUT2D eigenvalue weighted by Gasteiger charge is -2.38. The van der Waals surface area contributed by atoms with Crippen molar-refractivity contribution in [3.05, 3.63) is 93.6 Å². The van der Waals surface area contributed by atoms with E-state index in [4.69, 9.17) is 27.9 Å². The number of ether oxygens (including phenoxy) is 1. The van der Waals surface area contributed by atoms with Gasteiger partial charge in [-0.2, -0.15) is 0 Å². The minimum absolute atomic E-state index is 0.0481. The molecular formula is C29H32Cl2N4O4. The van der Waals surface area contributed by atoms with Gasteiger partial charge in [-0.3, -0.25) is 14.6 Å². The molecule has 3 amide bonds. The third-order valence-corrected chi connectivity index (χ3v) is 7.29. The Morgan fingerprint density at radius 1 is 1.03 bits per heavy atom. The molecule has 4 rings (SSSR count). The third kappa shape index (κ3) is 6.82. The molecule has 1 saturated heterocycles. The fraction of sp³-hybridized carbons (Fsp3) is 0.345. The first-order valence-corrected chi connectivity index (χ1v) is 13.7. The molecule has 1 unspecified atom stereocenters. The molecule has 0 bridgehead atoms. The topological polar surface area (TPSA) is 82.2 Å². The summed E-state index contributed by atoms with van der Waals surface area (Å²) in [5, 5.41) is 4.09. The number of hydrogen-bond donors (Lipinski definition) is 1. The van der Waals surface area contributed by atoms with Crippen molar-refractivity contribution in [2.24, 2.45) is 0 Å². The van der Waals surface area contributed by atoms with Crippen LogP contribution in [-0.4, -0.2) is 78.5 Å². The number of urea groups is 1. The predicted octanol–water partition coefficient (Wildman–Crippen LogP) is 4.91. The average Bonchev–Trinajstić information content (AvgIpc) is 3.16. The van der Waals surface area contributed by atoms with E-state index in [0.717, 1.165) is 12.0 Å². The van der Waals surface area contributed by atoms with E-state index in [1.807, 2.05) is 4.90 Å². The molecule has 2 aliphatic rings. The van der Waals surface area contributed by atoms with Crippen LogP contribution in [-0.2, 0) is 9.53 Å². The molecule has 0 saturated carbocycles. The quantitative estimate of drug-likeness (QED) is 0.360. The molecule has 0 aliphatic carbocycles. The lowest BCUT2D eigenvalue weighted by molar-refractivity contribution is -0.139. The van der Waals surface area contributed by atoms with Gasteiger partial charge >= 0.3 is 12.0 Å². The fourth-order valence-corrected chi connectivity index (χ4v) is 5.12. The lowest BCUT2D eigenvalue weighted by Crippen LogP contribution is -2.51. The smallest absolute Gasteiger partial charge is 0.338 e. The van der Waals surface area contributed by atoms with Gasteiger partial charge in [-0.15, -0.1) is 6.58 Å². The highest BCUT2D eigenvalue weighted by atomic mass is 35.5. The van der Waals surface area contributed by atoms with E-state index >= 15 is 0 Å². The number of halogens is 2. The number of amides is 3. The summed E-state index contributed by atoms with van der Waals surface area (Å²) >= 11 is 12.1. The predicted molar refractivity (Wildman–Crippen MR) is 152 cm³/mol. The van der Waals surface area contributed by atoms with Crippen molar-refractivity contribution in [3.63, 3.8) is 0 Å². The number of nitrogens with zero attached hydrogens (tertiary/aromatic N) is 3. The summed E-state index contributed by atoms with van der Waals surface area (Å²) in [4.78, 5) is 45.3. The largest absolute Gasteiger partial charge is 0.463 e. The summed E-state index contributed by atoms with van der Waals surface area (Å²) in [6, 6.07) is 12.9. The summed E-state index contributed by atoms with van der Waals surface area (Å²) in [7, 11) is 0. The van der Waals surface area contributed by atoms with Crippen molar-refractivity contribution >= 4 is 41.1 Å². The van der Waals surface area contributed by atoms with Crippen molar-refractivity contribution in [2.75, 3.05) is 45.9 Å². The number of carbonyl (C=O) groups is 3. The van der Waals surface area contributed by atoms with Crippen LogP contribution >= 0.6 is 23.2 Å². The zero-order valence-electron chi connectivity index (χ0n) is 21.9. The van der Waals surface area contributed by atoms with Crippen LogP contribution in [0.15, 0.2) is 72.5 Å². The van der Waals surface area contributed by atoms with E-state index in [1.54, 1.807) is 61.5 Å². The van der Waals surface area contributed by atoms with Crippen LogP contribution in [0.2, 0.25) is 10.0 Å². The summed E-state index contributed by atoms with van der Waals surface area (Å²) in [6.07, 6.45) is 2.37. The lowest BCUT2D eigenvalue weighted by atomic mass is 9.94. The van der Waals surface area contributed by atoms with Gasteiger partial charge in [-0.05, 0) is 55.3 Å². The maximum Gasteiger partial charge on any atom is 0.338 e. The average molecular weight is 572 g/mol. The number of nitrogens with one attached hydrogen (secondary N) is 1. The Balaban J connectivity index is 1.63. The summed E-state index contributed by atoms with van der Waals surface area (Å²) in [6.45, 7) is 8.70.